The number of para-hydroxylation sites is 1. The molecule has 2 aromatic carbocycles. The summed E-state index contributed by atoms with van der Waals surface area (Å²) >= 11 is 0. The third-order valence-corrected chi connectivity index (χ3v) is 3.86. The highest BCUT2D eigenvalue weighted by Crippen LogP contribution is 2.35. The summed E-state index contributed by atoms with van der Waals surface area (Å²) in [6, 6.07) is 17.1. The number of hydrogen-bond donors (Lipinski definition) is 1. The van der Waals surface area contributed by atoms with Crippen LogP contribution in [0.2, 0.25) is 0 Å². The van der Waals surface area contributed by atoms with Gasteiger partial charge >= 0.3 is 5.97 Å². The van der Waals surface area contributed by atoms with E-state index in [9.17, 15) is 9.90 Å². The third-order valence-electron chi connectivity index (χ3n) is 3.86. The molecule has 1 heterocycles. The molecule has 3 rings (SSSR count). The van der Waals surface area contributed by atoms with Crippen LogP contribution in [0.15, 0.2) is 60.8 Å². The number of nitrogens with zero attached hydrogens (tertiary/aromatic N) is 3. The van der Waals surface area contributed by atoms with Crippen molar-refractivity contribution in [3.63, 3.8) is 0 Å². The zero-order valence-corrected chi connectivity index (χ0v) is 13.0. The summed E-state index contributed by atoms with van der Waals surface area (Å²) < 4.78 is 0. The van der Waals surface area contributed by atoms with Gasteiger partial charge in [-0.05, 0) is 26.0 Å². The maximum atomic E-state index is 11.9. The number of aliphatic carboxylic acids is 1. The SMILES string of the molecule is CC(C)(C(=O)O)N(c1ccccc1)c1nncc2ccccc12. The number of aromatic nitrogens is 2. The highest BCUT2D eigenvalue weighted by molar-refractivity contribution is 5.96. The van der Waals surface area contributed by atoms with Gasteiger partial charge in [0, 0.05) is 16.5 Å². The van der Waals surface area contributed by atoms with Gasteiger partial charge < -0.3 is 10.0 Å². The Hall–Kier alpha value is -2.95. The fraction of sp³-hybridized carbons (Fsp3) is 0.167. The fourth-order valence-corrected chi connectivity index (χ4v) is 2.56. The van der Waals surface area contributed by atoms with Gasteiger partial charge in [0.1, 0.15) is 5.54 Å². The molecule has 116 valence electrons. The molecule has 0 atom stereocenters. The number of carboxylic acid groups (broad SMARTS) is 1. The second kappa shape index (κ2) is 5.68. The Balaban J connectivity index is 2.29. The van der Waals surface area contributed by atoms with E-state index in [1.54, 1.807) is 24.9 Å². The lowest BCUT2D eigenvalue weighted by molar-refractivity contribution is -0.141. The van der Waals surface area contributed by atoms with Crippen molar-refractivity contribution in [1.29, 1.82) is 0 Å². The van der Waals surface area contributed by atoms with Gasteiger partial charge in [0.15, 0.2) is 5.82 Å². The van der Waals surface area contributed by atoms with Crippen LogP contribution in [-0.4, -0.2) is 26.8 Å². The van der Waals surface area contributed by atoms with Crippen molar-refractivity contribution in [2.75, 3.05) is 4.90 Å². The van der Waals surface area contributed by atoms with Crippen molar-refractivity contribution in [1.82, 2.24) is 10.2 Å². The largest absolute Gasteiger partial charge is 0.480 e. The van der Waals surface area contributed by atoms with Gasteiger partial charge in [-0.3, -0.25) is 0 Å². The molecule has 0 amide bonds. The number of carbonyl (C=O) groups is 1. The molecule has 0 aliphatic rings. The summed E-state index contributed by atoms with van der Waals surface area (Å²) in [4.78, 5) is 13.6. The molecule has 1 aromatic heterocycles. The van der Waals surface area contributed by atoms with Gasteiger partial charge in [-0.15, -0.1) is 5.10 Å². The van der Waals surface area contributed by atoms with Crippen molar-refractivity contribution in [2.45, 2.75) is 19.4 Å². The average molecular weight is 307 g/mol. The maximum absolute atomic E-state index is 11.9. The summed E-state index contributed by atoms with van der Waals surface area (Å²) in [5.74, 6) is -0.405. The van der Waals surface area contributed by atoms with Gasteiger partial charge in [0.05, 0.1) is 6.20 Å². The minimum Gasteiger partial charge on any atom is -0.480 e. The molecular formula is C18H17N3O2. The van der Waals surface area contributed by atoms with Gasteiger partial charge in [-0.1, -0.05) is 42.5 Å². The second-order valence-corrected chi connectivity index (χ2v) is 5.79. The van der Waals surface area contributed by atoms with E-state index in [1.165, 1.54) is 0 Å². The number of benzene rings is 2. The van der Waals surface area contributed by atoms with Crippen LogP contribution in [0.3, 0.4) is 0 Å². The first-order chi connectivity index (χ1) is 11.0. The van der Waals surface area contributed by atoms with Crippen LogP contribution in [0.5, 0.6) is 0 Å². The minimum absolute atomic E-state index is 0.529. The van der Waals surface area contributed by atoms with Crippen LogP contribution in [0.1, 0.15) is 13.8 Å². The summed E-state index contributed by atoms with van der Waals surface area (Å²) in [5.41, 5.74) is -0.425. The van der Waals surface area contributed by atoms with Gasteiger partial charge in [-0.25, -0.2) is 4.79 Å². The maximum Gasteiger partial charge on any atom is 0.329 e. The van der Waals surface area contributed by atoms with Gasteiger partial charge in [0.2, 0.25) is 0 Å². The molecule has 0 unspecified atom stereocenters. The lowest BCUT2D eigenvalue weighted by Crippen LogP contribution is -2.48. The zero-order chi connectivity index (χ0) is 16.4. The molecule has 0 bridgehead atoms. The van der Waals surface area contributed by atoms with Crippen LogP contribution < -0.4 is 4.90 Å². The molecular weight excluding hydrogens is 290 g/mol. The number of carboxylic acids is 1. The first-order valence-electron chi connectivity index (χ1n) is 7.31. The van der Waals surface area contributed by atoms with Crippen LogP contribution in [0.4, 0.5) is 11.5 Å². The smallest absolute Gasteiger partial charge is 0.329 e. The summed E-state index contributed by atoms with van der Waals surface area (Å²) in [7, 11) is 0. The molecule has 23 heavy (non-hydrogen) atoms. The van der Waals surface area contributed by atoms with E-state index in [2.05, 4.69) is 10.2 Å². The van der Waals surface area contributed by atoms with E-state index < -0.39 is 11.5 Å². The number of anilines is 2. The molecule has 0 spiro atoms. The van der Waals surface area contributed by atoms with E-state index in [4.69, 9.17) is 0 Å². The Labute approximate surface area is 134 Å². The second-order valence-electron chi connectivity index (χ2n) is 5.79. The van der Waals surface area contributed by atoms with E-state index >= 15 is 0 Å². The third kappa shape index (κ3) is 2.61. The molecule has 0 saturated carbocycles. The average Bonchev–Trinajstić information content (AvgIpc) is 2.56. The highest BCUT2D eigenvalue weighted by Gasteiger charge is 2.37. The topological polar surface area (TPSA) is 66.3 Å². The lowest BCUT2D eigenvalue weighted by atomic mass is 10.0. The van der Waals surface area contributed by atoms with Crippen molar-refractivity contribution in [3.05, 3.63) is 60.8 Å². The van der Waals surface area contributed by atoms with Crippen LogP contribution in [0.25, 0.3) is 10.8 Å². The lowest BCUT2D eigenvalue weighted by Gasteiger charge is -2.36. The normalized spacial score (nSPS) is 11.4. The standard InChI is InChI=1S/C18H17N3O2/c1-18(2,17(22)23)21(14-9-4-3-5-10-14)16-15-11-7-6-8-13(15)12-19-20-16/h3-12H,1-2H3,(H,22,23). The number of fused-ring (bicyclic) bond motifs is 1. The predicted molar refractivity (Wildman–Crippen MR) is 89.8 cm³/mol. The molecule has 1 N–H and O–H groups in total. The Morgan fingerprint density at radius 3 is 2.39 bits per heavy atom. The van der Waals surface area contributed by atoms with Gasteiger partial charge in [0.25, 0.3) is 0 Å². The molecule has 5 heteroatoms. The monoisotopic (exact) mass is 307 g/mol. The molecule has 3 aromatic rings. The van der Waals surface area contributed by atoms with Crippen LogP contribution >= 0.6 is 0 Å². The molecule has 0 aliphatic heterocycles. The van der Waals surface area contributed by atoms with Crippen molar-refractivity contribution < 1.29 is 9.90 Å². The first kappa shape index (κ1) is 15.0. The highest BCUT2D eigenvalue weighted by atomic mass is 16.4. The van der Waals surface area contributed by atoms with E-state index in [0.29, 0.717) is 5.82 Å². The summed E-state index contributed by atoms with van der Waals surface area (Å²) in [6.07, 6.45) is 1.68. The van der Waals surface area contributed by atoms with Crippen molar-refractivity contribution in [2.24, 2.45) is 0 Å². The summed E-state index contributed by atoms with van der Waals surface area (Å²) in [5, 5.41) is 19.8. The Morgan fingerprint density at radius 1 is 1.04 bits per heavy atom. The molecule has 0 fully saturated rings. The van der Waals surface area contributed by atoms with Crippen LogP contribution in [-0.2, 0) is 4.79 Å². The predicted octanol–water partition coefficient (Wildman–Crippen LogP) is 3.63. The molecule has 0 aliphatic carbocycles. The first-order valence-corrected chi connectivity index (χ1v) is 7.31. The number of hydrogen-bond acceptors (Lipinski definition) is 4. The van der Waals surface area contributed by atoms with E-state index in [0.717, 1.165) is 16.5 Å². The Kier molecular flexibility index (Phi) is 3.70. The van der Waals surface area contributed by atoms with Crippen molar-refractivity contribution >= 4 is 28.2 Å². The van der Waals surface area contributed by atoms with Gasteiger partial charge in [-0.2, -0.15) is 5.10 Å². The quantitative estimate of drug-likeness (QED) is 0.797. The number of rotatable bonds is 4. The molecule has 5 nitrogen and oxygen atoms in total. The molecule has 0 radical (unpaired) electrons. The fourth-order valence-electron chi connectivity index (χ4n) is 2.56. The Bertz CT molecular complexity index is 842. The zero-order valence-electron chi connectivity index (χ0n) is 13.0. The molecule has 0 saturated heterocycles. The Morgan fingerprint density at radius 2 is 1.70 bits per heavy atom. The van der Waals surface area contributed by atoms with E-state index in [1.807, 2.05) is 54.6 Å². The summed E-state index contributed by atoms with van der Waals surface area (Å²) in [6.45, 7) is 3.32. The van der Waals surface area contributed by atoms with Crippen molar-refractivity contribution in [3.8, 4) is 0 Å². The van der Waals surface area contributed by atoms with E-state index in [-0.39, 0.29) is 0 Å². The minimum atomic E-state index is -1.18. The van der Waals surface area contributed by atoms with Crippen LogP contribution in [0, 0.1) is 0 Å².